The highest BCUT2D eigenvalue weighted by atomic mass is 15.2. The fourth-order valence-corrected chi connectivity index (χ4v) is 5.15. The molecule has 4 rings (SSSR count). The summed E-state index contributed by atoms with van der Waals surface area (Å²) in [5.41, 5.74) is 4.55. The SMILES string of the molecule is CCc1ccc(CN2CCC3(CC2)C[C@H](c2ccccc2)CN(C)C3)nc1. The Kier molecular flexibility index (Phi) is 5.60. The third-order valence-electron chi connectivity index (χ3n) is 6.68. The van der Waals surface area contributed by atoms with Gasteiger partial charge in [-0.3, -0.25) is 9.88 Å². The maximum atomic E-state index is 4.66. The summed E-state index contributed by atoms with van der Waals surface area (Å²) in [6, 6.07) is 15.6. The van der Waals surface area contributed by atoms with Crippen LogP contribution in [0.1, 0.15) is 48.9 Å². The molecule has 1 spiro atoms. The number of rotatable bonds is 4. The van der Waals surface area contributed by atoms with Crippen molar-refractivity contribution in [2.75, 3.05) is 33.2 Å². The van der Waals surface area contributed by atoms with Gasteiger partial charge >= 0.3 is 0 Å². The summed E-state index contributed by atoms with van der Waals surface area (Å²) < 4.78 is 0. The molecule has 1 aromatic carbocycles. The van der Waals surface area contributed by atoms with Crippen molar-refractivity contribution >= 4 is 0 Å². The van der Waals surface area contributed by atoms with Gasteiger partial charge in [-0.1, -0.05) is 43.3 Å². The fraction of sp³-hybridized carbons (Fsp3) is 0.542. The zero-order chi connectivity index (χ0) is 18.7. The molecule has 3 heteroatoms. The van der Waals surface area contributed by atoms with Gasteiger partial charge in [0, 0.05) is 25.8 Å². The minimum absolute atomic E-state index is 0.490. The molecule has 0 bridgehead atoms. The fourth-order valence-electron chi connectivity index (χ4n) is 5.15. The van der Waals surface area contributed by atoms with E-state index in [1.54, 1.807) is 0 Å². The summed E-state index contributed by atoms with van der Waals surface area (Å²) in [5.74, 6) is 0.680. The molecule has 0 aliphatic carbocycles. The second-order valence-electron chi connectivity index (χ2n) is 8.80. The highest BCUT2D eigenvalue weighted by Crippen LogP contribution is 2.44. The summed E-state index contributed by atoms with van der Waals surface area (Å²) in [5, 5.41) is 0. The highest BCUT2D eigenvalue weighted by molar-refractivity contribution is 5.21. The van der Waals surface area contributed by atoms with Gasteiger partial charge in [0.25, 0.3) is 0 Å². The van der Waals surface area contributed by atoms with Crippen molar-refractivity contribution in [3.05, 3.63) is 65.5 Å². The lowest BCUT2D eigenvalue weighted by atomic mass is 9.68. The zero-order valence-electron chi connectivity index (χ0n) is 16.9. The van der Waals surface area contributed by atoms with Crippen molar-refractivity contribution in [2.45, 2.75) is 45.1 Å². The molecule has 0 amide bonds. The molecule has 0 N–H and O–H groups in total. The number of piperidine rings is 2. The number of likely N-dealkylation sites (tertiary alicyclic amines) is 2. The van der Waals surface area contributed by atoms with E-state index in [9.17, 15) is 0 Å². The Morgan fingerprint density at radius 2 is 1.85 bits per heavy atom. The number of likely N-dealkylation sites (N-methyl/N-ethyl adjacent to an activating group) is 1. The molecule has 0 radical (unpaired) electrons. The Balaban J connectivity index is 1.38. The summed E-state index contributed by atoms with van der Waals surface area (Å²) in [6.45, 7) is 8.04. The molecule has 3 heterocycles. The molecule has 2 fully saturated rings. The van der Waals surface area contributed by atoms with Crippen LogP contribution in [0.3, 0.4) is 0 Å². The van der Waals surface area contributed by atoms with Crippen molar-refractivity contribution < 1.29 is 0 Å². The van der Waals surface area contributed by atoms with E-state index >= 15 is 0 Å². The molecule has 0 saturated carbocycles. The van der Waals surface area contributed by atoms with Crippen LogP contribution in [0.15, 0.2) is 48.7 Å². The molecule has 2 aliphatic heterocycles. The Morgan fingerprint density at radius 1 is 1.07 bits per heavy atom. The van der Waals surface area contributed by atoms with Gasteiger partial charge < -0.3 is 4.90 Å². The Labute approximate surface area is 164 Å². The maximum absolute atomic E-state index is 4.66. The van der Waals surface area contributed by atoms with Crippen molar-refractivity contribution in [1.82, 2.24) is 14.8 Å². The molecule has 1 aromatic heterocycles. The minimum Gasteiger partial charge on any atom is -0.305 e. The van der Waals surface area contributed by atoms with E-state index in [0.29, 0.717) is 11.3 Å². The molecule has 2 aliphatic rings. The van der Waals surface area contributed by atoms with Crippen LogP contribution in [-0.2, 0) is 13.0 Å². The van der Waals surface area contributed by atoms with E-state index in [2.05, 4.69) is 71.2 Å². The van der Waals surface area contributed by atoms with Crippen LogP contribution in [0.4, 0.5) is 0 Å². The van der Waals surface area contributed by atoms with Crippen LogP contribution < -0.4 is 0 Å². The van der Waals surface area contributed by atoms with Crippen molar-refractivity contribution in [1.29, 1.82) is 0 Å². The standard InChI is InChI=1S/C24H33N3/c1-3-20-9-10-23(25-16-20)18-27-13-11-24(12-14-27)15-22(17-26(2)19-24)21-7-5-4-6-8-21/h4-10,16,22H,3,11-15,17-19H2,1-2H3/t22-/m0/s1. The van der Waals surface area contributed by atoms with Crippen molar-refractivity contribution in [2.24, 2.45) is 5.41 Å². The van der Waals surface area contributed by atoms with Crippen LogP contribution in [0.5, 0.6) is 0 Å². The molecular weight excluding hydrogens is 330 g/mol. The van der Waals surface area contributed by atoms with Gasteiger partial charge in [0.1, 0.15) is 0 Å². The largest absolute Gasteiger partial charge is 0.305 e. The summed E-state index contributed by atoms with van der Waals surface area (Å²) >= 11 is 0. The van der Waals surface area contributed by atoms with Gasteiger partial charge in [-0.25, -0.2) is 0 Å². The lowest BCUT2D eigenvalue weighted by Crippen LogP contribution is -2.50. The minimum atomic E-state index is 0.490. The van der Waals surface area contributed by atoms with E-state index < -0.39 is 0 Å². The third kappa shape index (κ3) is 4.41. The molecule has 1 atom stereocenters. The third-order valence-corrected chi connectivity index (χ3v) is 6.68. The smallest absolute Gasteiger partial charge is 0.0544 e. The van der Waals surface area contributed by atoms with Crippen LogP contribution in [-0.4, -0.2) is 48.0 Å². The van der Waals surface area contributed by atoms with E-state index in [1.165, 1.54) is 62.3 Å². The number of benzene rings is 1. The molecule has 3 nitrogen and oxygen atoms in total. The van der Waals surface area contributed by atoms with Crippen LogP contribution in [0.2, 0.25) is 0 Å². The highest BCUT2D eigenvalue weighted by Gasteiger charge is 2.41. The van der Waals surface area contributed by atoms with E-state index in [-0.39, 0.29) is 0 Å². The average molecular weight is 364 g/mol. The van der Waals surface area contributed by atoms with Crippen LogP contribution in [0.25, 0.3) is 0 Å². The first-order valence-corrected chi connectivity index (χ1v) is 10.6. The Hall–Kier alpha value is -1.71. The monoisotopic (exact) mass is 363 g/mol. The first-order valence-electron chi connectivity index (χ1n) is 10.6. The lowest BCUT2D eigenvalue weighted by Gasteiger charge is -2.49. The number of hydrogen-bond acceptors (Lipinski definition) is 3. The van der Waals surface area contributed by atoms with Crippen LogP contribution >= 0.6 is 0 Å². The average Bonchev–Trinajstić information content (AvgIpc) is 2.71. The Morgan fingerprint density at radius 3 is 2.52 bits per heavy atom. The first-order chi connectivity index (χ1) is 13.2. The number of hydrogen-bond donors (Lipinski definition) is 0. The second-order valence-corrected chi connectivity index (χ2v) is 8.80. The van der Waals surface area contributed by atoms with Crippen molar-refractivity contribution in [3.8, 4) is 0 Å². The molecule has 2 aromatic rings. The van der Waals surface area contributed by atoms with E-state index in [1.807, 2.05) is 6.20 Å². The quantitative estimate of drug-likeness (QED) is 0.805. The summed E-state index contributed by atoms with van der Waals surface area (Å²) in [7, 11) is 2.31. The summed E-state index contributed by atoms with van der Waals surface area (Å²) in [4.78, 5) is 9.84. The van der Waals surface area contributed by atoms with Gasteiger partial charge in [-0.05, 0) is 74.3 Å². The first kappa shape index (κ1) is 18.6. The normalized spacial score (nSPS) is 23.6. The topological polar surface area (TPSA) is 19.4 Å². The molecule has 27 heavy (non-hydrogen) atoms. The molecule has 0 unspecified atom stereocenters. The number of pyridine rings is 1. The zero-order valence-corrected chi connectivity index (χ0v) is 16.9. The molecule has 144 valence electrons. The molecule has 2 saturated heterocycles. The van der Waals surface area contributed by atoms with Crippen LogP contribution in [0, 0.1) is 5.41 Å². The van der Waals surface area contributed by atoms with Gasteiger partial charge in [-0.2, -0.15) is 0 Å². The molecular formula is C24H33N3. The van der Waals surface area contributed by atoms with E-state index in [4.69, 9.17) is 0 Å². The maximum Gasteiger partial charge on any atom is 0.0544 e. The summed E-state index contributed by atoms with van der Waals surface area (Å²) in [6.07, 6.45) is 7.08. The Bertz CT molecular complexity index is 717. The van der Waals surface area contributed by atoms with Gasteiger partial charge in [-0.15, -0.1) is 0 Å². The predicted octanol–water partition coefficient (Wildman–Crippen LogP) is 4.35. The lowest BCUT2D eigenvalue weighted by molar-refractivity contribution is 0.0215. The van der Waals surface area contributed by atoms with E-state index in [0.717, 1.165) is 13.0 Å². The van der Waals surface area contributed by atoms with Gasteiger partial charge in [0.05, 0.1) is 5.69 Å². The second kappa shape index (κ2) is 8.12. The van der Waals surface area contributed by atoms with Crippen molar-refractivity contribution in [3.63, 3.8) is 0 Å². The number of nitrogens with zero attached hydrogens (tertiary/aromatic N) is 3. The number of aromatic nitrogens is 1. The predicted molar refractivity (Wildman–Crippen MR) is 112 cm³/mol. The number of aryl methyl sites for hydroxylation is 1. The van der Waals surface area contributed by atoms with Gasteiger partial charge in [0.15, 0.2) is 0 Å². The van der Waals surface area contributed by atoms with Gasteiger partial charge in [0.2, 0.25) is 0 Å².